The summed E-state index contributed by atoms with van der Waals surface area (Å²) in [6.07, 6.45) is 0. The molecule has 1 aromatic rings. The molecule has 0 nitrogen and oxygen atoms in total. The van der Waals surface area contributed by atoms with E-state index in [1.165, 1.54) is 11.1 Å². The summed E-state index contributed by atoms with van der Waals surface area (Å²) in [5.74, 6) is 0. The van der Waals surface area contributed by atoms with E-state index in [2.05, 4.69) is 37.0 Å². The minimum atomic E-state index is 0.271. The second-order valence-corrected chi connectivity index (χ2v) is 4.68. The van der Waals surface area contributed by atoms with Crippen molar-refractivity contribution in [3.63, 3.8) is 0 Å². The number of benzene rings is 1. The molecular weight excluding hydrogens is 235 g/mol. The van der Waals surface area contributed by atoms with Gasteiger partial charge in [0.2, 0.25) is 0 Å². The molecule has 0 fully saturated rings. The number of rotatable bonds is 1. The molecule has 1 rings (SSSR count). The van der Waals surface area contributed by atoms with E-state index in [-0.39, 0.29) is 21.2 Å². The SMILES string of the molecule is C[I-]c1cc(C)ccc1C. The Kier molecular flexibility index (Phi) is 2.72. The van der Waals surface area contributed by atoms with Crippen molar-refractivity contribution in [2.45, 2.75) is 13.8 Å². The van der Waals surface area contributed by atoms with Crippen molar-refractivity contribution >= 4 is 0 Å². The van der Waals surface area contributed by atoms with Gasteiger partial charge in [-0.15, -0.1) is 0 Å². The molecule has 0 aliphatic carbocycles. The first kappa shape index (κ1) is 8.05. The monoisotopic (exact) mass is 247 g/mol. The predicted octanol–water partition coefficient (Wildman–Crippen LogP) is -0.808. The van der Waals surface area contributed by atoms with Crippen LogP contribution in [0.15, 0.2) is 18.2 Å². The quantitative estimate of drug-likeness (QED) is 0.450. The van der Waals surface area contributed by atoms with Crippen LogP contribution in [0.25, 0.3) is 0 Å². The number of hydrogen-bond acceptors (Lipinski definition) is 0. The summed E-state index contributed by atoms with van der Waals surface area (Å²) in [5.41, 5.74) is 2.85. The molecule has 0 saturated heterocycles. The van der Waals surface area contributed by atoms with Gasteiger partial charge in [-0.3, -0.25) is 0 Å². The Morgan fingerprint density at radius 2 is 1.90 bits per heavy atom. The molecule has 0 amide bonds. The average molecular weight is 247 g/mol. The van der Waals surface area contributed by atoms with Crippen molar-refractivity contribution < 1.29 is 21.2 Å². The third-order valence-corrected chi connectivity index (χ3v) is 3.86. The van der Waals surface area contributed by atoms with Crippen molar-refractivity contribution in [2.24, 2.45) is 0 Å². The number of aryl methyl sites for hydroxylation is 2. The van der Waals surface area contributed by atoms with Gasteiger partial charge in [-0.1, -0.05) is 0 Å². The summed E-state index contributed by atoms with van der Waals surface area (Å²) < 4.78 is 1.58. The van der Waals surface area contributed by atoms with Crippen LogP contribution >= 0.6 is 0 Å². The number of alkyl halides is 1. The van der Waals surface area contributed by atoms with Crippen LogP contribution in [0.3, 0.4) is 0 Å². The van der Waals surface area contributed by atoms with E-state index < -0.39 is 0 Å². The van der Waals surface area contributed by atoms with Crippen LogP contribution in [0.5, 0.6) is 0 Å². The molecule has 56 valence electrons. The summed E-state index contributed by atoms with van der Waals surface area (Å²) in [4.78, 5) is 2.31. The Bertz CT molecular complexity index is 228. The van der Waals surface area contributed by atoms with Crippen molar-refractivity contribution in [1.29, 1.82) is 0 Å². The van der Waals surface area contributed by atoms with Gasteiger partial charge in [0.1, 0.15) is 0 Å². The molecule has 0 unspecified atom stereocenters. The van der Waals surface area contributed by atoms with Gasteiger partial charge < -0.3 is 0 Å². The zero-order valence-corrected chi connectivity index (χ0v) is 8.77. The van der Waals surface area contributed by atoms with Gasteiger partial charge in [-0.05, 0) is 0 Å². The van der Waals surface area contributed by atoms with Crippen LogP contribution in [0, 0.1) is 17.4 Å². The molecule has 10 heavy (non-hydrogen) atoms. The van der Waals surface area contributed by atoms with Gasteiger partial charge in [-0.2, -0.15) is 0 Å². The van der Waals surface area contributed by atoms with E-state index >= 15 is 0 Å². The maximum absolute atomic E-state index is 2.31. The van der Waals surface area contributed by atoms with E-state index in [1.807, 2.05) is 0 Å². The molecule has 0 aliphatic rings. The van der Waals surface area contributed by atoms with E-state index in [9.17, 15) is 0 Å². The molecule has 0 saturated carbocycles. The third kappa shape index (κ3) is 1.72. The molecular formula is C9H12I-. The molecule has 0 spiro atoms. The number of halogens is 1. The van der Waals surface area contributed by atoms with Crippen LogP contribution in [0.4, 0.5) is 0 Å². The van der Waals surface area contributed by atoms with Crippen LogP contribution < -0.4 is 21.2 Å². The van der Waals surface area contributed by atoms with Crippen molar-refractivity contribution in [3.05, 3.63) is 32.9 Å². The van der Waals surface area contributed by atoms with Gasteiger partial charge in [0.25, 0.3) is 0 Å². The molecule has 0 N–H and O–H groups in total. The summed E-state index contributed by atoms with van der Waals surface area (Å²) >= 11 is 0.271. The fourth-order valence-electron chi connectivity index (χ4n) is 0.901. The normalized spacial score (nSPS) is 10.3. The standard InChI is InChI=1S/C9H12I/c1-7-4-5-8(2)9(6-7)10-3/h4-6H,1-3H3/q-1. The zero-order chi connectivity index (χ0) is 7.56. The molecule has 0 heterocycles. The van der Waals surface area contributed by atoms with E-state index in [0.29, 0.717) is 0 Å². The van der Waals surface area contributed by atoms with Gasteiger partial charge >= 0.3 is 72.9 Å². The first-order chi connectivity index (χ1) is 4.74. The Labute approximate surface area is 72.9 Å². The predicted molar refractivity (Wildman–Crippen MR) is 40.5 cm³/mol. The van der Waals surface area contributed by atoms with Crippen molar-refractivity contribution in [3.8, 4) is 0 Å². The minimum absolute atomic E-state index is 0.271. The molecule has 0 atom stereocenters. The summed E-state index contributed by atoms with van der Waals surface area (Å²) in [6, 6.07) is 6.70. The molecule has 0 aromatic heterocycles. The zero-order valence-electron chi connectivity index (χ0n) is 6.61. The summed E-state index contributed by atoms with van der Waals surface area (Å²) in [7, 11) is 0. The maximum atomic E-state index is 2.31. The number of hydrogen-bond donors (Lipinski definition) is 0. The summed E-state index contributed by atoms with van der Waals surface area (Å²) in [6.45, 7) is 4.35. The Hall–Kier alpha value is -0.0500. The van der Waals surface area contributed by atoms with Crippen LogP contribution in [0.2, 0.25) is 0 Å². The van der Waals surface area contributed by atoms with Crippen molar-refractivity contribution in [1.82, 2.24) is 0 Å². The van der Waals surface area contributed by atoms with Gasteiger partial charge in [0.05, 0.1) is 0 Å². The molecule has 0 radical (unpaired) electrons. The average Bonchev–Trinajstić information content (AvgIpc) is 1.94. The molecule has 1 aromatic carbocycles. The Balaban J connectivity index is 3.09. The van der Waals surface area contributed by atoms with Crippen LogP contribution in [-0.4, -0.2) is 4.93 Å². The van der Waals surface area contributed by atoms with Crippen molar-refractivity contribution in [2.75, 3.05) is 4.93 Å². The van der Waals surface area contributed by atoms with Crippen LogP contribution in [-0.2, 0) is 0 Å². The first-order valence-electron chi connectivity index (χ1n) is 3.30. The fourth-order valence-corrected chi connectivity index (χ4v) is 2.73. The molecule has 0 aliphatic heterocycles. The summed E-state index contributed by atoms with van der Waals surface area (Å²) in [5, 5.41) is 0. The van der Waals surface area contributed by atoms with E-state index in [0.717, 1.165) is 0 Å². The van der Waals surface area contributed by atoms with Gasteiger partial charge in [-0.25, -0.2) is 0 Å². The van der Waals surface area contributed by atoms with Crippen LogP contribution in [0.1, 0.15) is 11.1 Å². The van der Waals surface area contributed by atoms with E-state index in [1.54, 1.807) is 3.57 Å². The second kappa shape index (κ2) is 3.37. The Morgan fingerprint density at radius 1 is 1.20 bits per heavy atom. The van der Waals surface area contributed by atoms with Gasteiger partial charge in [0.15, 0.2) is 0 Å². The third-order valence-electron chi connectivity index (χ3n) is 1.53. The Morgan fingerprint density at radius 3 is 2.40 bits per heavy atom. The van der Waals surface area contributed by atoms with Gasteiger partial charge in [0, 0.05) is 0 Å². The first-order valence-corrected chi connectivity index (χ1v) is 6.54. The topological polar surface area (TPSA) is 0 Å². The molecule has 1 heteroatoms. The van der Waals surface area contributed by atoms with E-state index in [4.69, 9.17) is 0 Å². The fraction of sp³-hybridized carbons (Fsp3) is 0.333. The molecule has 0 bridgehead atoms. The second-order valence-electron chi connectivity index (χ2n) is 2.44.